The van der Waals surface area contributed by atoms with Crippen LogP contribution in [0.3, 0.4) is 0 Å². The van der Waals surface area contributed by atoms with E-state index in [0.717, 1.165) is 38.3 Å². The molecule has 1 atom stereocenters. The van der Waals surface area contributed by atoms with Gasteiger partial charge in [0.25, 0.3) is 0 Å². The lowest BCUT2D eigenvalue weighted by Crippen LogP contribution is -2.27. The predicted molar refractivity (Wildman–Crippen MR) is 83.8 cm³/mol. The van der Waals surface area contributed by atoms with E-state index in [0.29, 0.717) is 6.42 Å². The van der Waals surface area contributed by atoms with Crippen LogP contribution < -0.4 is 15.0 Å². The Hall–Kier alpha value is -1.27. The van der Waals surface area contributed by atoms with E-state index in [1.165, 1.54) is 5.69 Å². The van der Waals surface area contributed by atoms with Crippen molar-refractivity contribution in [2.45, 2.75) is 18.9 Å². The Balaban J connectivity index is 1.61. The van der Waals surface area contributed by atoms with Gasteiger partial charge in [0.05, 0.1) is 11.5 Å². The minimum absolute atomic E-state index is 0.145. The fourth-order valence-corrected chi connectivity index (χ4v) is 4.48. The van der Waals surface area contributed by atoms with Gasteiger partial charge in [-0.1, -0.05) is 0 Å². The van der Waals surface area contributed by atoms with E-state index in [4.69, 9.17) is 4.74 Å². The highest BCUT2D eigenvalue weighted by Crippen LogP contribution is 2.23. The maximum absolute atomic E-state index is 11.4. The number of rotatable bonds is 3. The Morgan fingerprint density at radius 3 is 2.67 bits per heavy atom. The van der Waals surface area contributed by atoms with Crippen LogP contribution in [0, 0.1) is 0 Å². The molecule has 0 saturated carbocycles. The molecule has 0 spiro atoms. The highest BCUT2D eigenvalue weighted by molar-refractivity contribution is 7.91. The molecular weight excluding hydrogens is 288 g/mol. The summed E-state index contributed by atoms with van der Waals surface area (Å²) in [5.41, 5.74) is 1.20. The number of hydrogen-bond acceptors (Lipinski definition) is 5. The molecule has 1 unspecified atom stereocenters. The van der Waals surface area contributed by atoms with Crippen molar-refractivity contribution in [3.8, 4) is 5.75 Å². The van der Waals surface area contributed by atoms with E-state index < -0.39 is 9.84 Å². The molecule has 5 nitrogen and oxygen atoms in total. The van der Waals surface area contributed by atoms with Crippen LogP contribution in [0.25, 0.3) is 0 Å². The number of nitrogens with zero attached hydrogens (tertiary/aromatic N) is 1. The molecular formula is C15H22N2O3S. The van der Waals surface area contributed by atoms with Crippen LogP contribution in [0.2, 0.25) is 0 Å². The minimum atomic E-state index is -2.89. The van der Waals surface area contributed by atoms with Gasteiger partial charge in [-0.15, -0.1) is 0 Å². The molecule has 2 heterocycles. The summed E-state index contributed by atoms with van der Waals surface area (Å²) in [5, 5.41) is 3.39. The van der Waals surface area contributed by atoms with Crippen LogP contribution in [0.5, 0.6) is 5.75 Å². The Kier molecular flexibility index (Phi) is 4.35. The summed E-state index contributed by atoms with van der Waals surface area (Å²) in [6, 6.07) is 8.01. The molecule has 21 heavy (non-hydrogen) atoms. The summed E-state index contributed by atoms with van der Waals surface area (Å²) in [4.78, 5) is 2.36. The molecule has 2 saturated heterocycles. The average molecular weight is 310 g/mol. The van der Waals surface area contributed by atoms with Gasteiger partial charge in [0.2, 0.25) is 0 Å². The van der Waals surface area contributed by atoms with Gasteiger partial charge in [0.1, 0.15) is 11.9 Å². The van der Waals surface area contributed by atoms with Gasteiger partial charge in [-0.3, -0.25) is 0 Å². The highest BCUT2D eigenvalue weighted by atomic mass is 32.2. The predicted octanol–water partition coefficient (Wildman–Crippen LogP) is 1.05. The fraction of sp³-hybridized carbons (Fsp3) is 0.600. The summed E-state index contributed by atoms with van der Waals surface area (Å²) in [6.07, 6.45) is 1.56. The van der Waals surface area contributed by atoms with Gasteiger partial charge in [-0.25, -0.2) is 8.42 Å². The smallest absolute Gasteiger partial charge is 0.154 e. The van der Waals surface area contributed by atoms with Crippen molar-refractivity contribution in [3.63, 3.8) is 0 Å². The summed E-state index contributed by atoms with van der Waals surface area (Å²) < 4.78 is 28.6. The maximum atomic E-state index is 11.4. The molecule has 0 aromatic heterocycles. The SMILES string of the molecule is O=S1(=O)CCC(Oc2ccc(N3CCCNCC3)cc2)C1. The van der Waals surface area contributed by atoms with Gasteiger partial charge in [-0.05, 0) is 43.7 Å². The monoisotopic (exact) mass is 310 g/mol. The van der Waals surface area contributed by atoms with Crippen molar-refractivity contribution in [3.05, 3.63) is 24.3 Å². The third kappa shape index (κ3) is 3.89. The first-order chi connectivity index (χ1) is 10.1. The first-order valence-electron chi connectivity index (χ1n) is 7.55. The lowest BCUT2D eigenvalue weighted by Gasteiger charge is -2.22. The van der Waals surface area contributed by atoms with Gasteiger partial charge in [-0.2, -0.15) is 0 Å². The maximum Gasteiger partial charge on any atom is 0.154 e. The second-order valence-corrected chi connectivity index (χ2v) is 7.96. The van der Waals surface area contributed by atoms with Gasteiger partial charge in [0.15, 0.2) is 9.84 Å². The van der Waals surface area contributed by atoms with E-state index in [9.17, 15) is 8.42 Å². The second kappa shape index (κ2) is 6.23. The van der Waals surface area contributed by atoms with Crippen molar-refractivity contribution < 1.29 is 13.2 Å². The lowest BCUT2D eigenvalue weighted by atomic mass is 10.2. The van der Waals surface area contributed by atoms with Crippen LogP contribution in [-0.4, -0.2) is 52.2 Å². The zero-order chi connectivity index (χ0) is 14.7. The van der Waals surface area contributed by atoms with E-state index >= 15 is 0 Å². The minimum Gasteiger partial charge on any atom is -0.489 e. The molecule has 3 rings (SSSR count). The van der Waals surface area contributed by atoms with E-state index in [2.05, 4.69) is 22.3 Å². The fourth-order valence-electron chi connectivity index (χ4n) is 2.89. The molecule has 0 amide bonds. The Bertz CT molecular complexity index is 563. The largest absolute Gasteiger partial charge is 0.489 e. The van der Waals surface area contributed by atoms with E-state index in [1.807, 2.05) is 12.1 Å². The van der Waals surface area contributed by atoms with E-state index in [-0.39, 0.29) is 17.6 Å². The molecule has 2 fully saturated rings. The molecule has 0 bridgehead atoms. The number of nitrogens with one attached hydrogen (secondary N) is 1. The molecule has 2 aliphatic heterocycles. The van der Waals surface area contributed by atoms with Crippen LogP contribution >= 0.6 is 0 Å². The van der Waals surface area contributed by atoms with Gasteiger partial charge < -0.3 is 15.0 Å². The topological polar surface area (TPSA) is 58.6 Å². The standard InChI is InChI=1S/C15H22N2O3S/c18-21(19)11-6-15(12-21)20-14-4-2-13(3-5-14)17-9-1-7-16-8-10-17/h2-5,15-16H,1,6-12H2. The van der Waals surface area contributed by atoms with Crippen LogP contribution in [0.4, 0.5) is 5.69 Å². The second-order valence-electron chi connectivity index (χ2n) is 5.73. The third-order valence-electron chi connectivity index (χ3n) is 4.04. The lowest BCUT2D eigenvalue weighted by molar-refractivity contribution is 0.229. The molecule has 6 heteroatoms. The van der Waals surface area contributed by atoms with Crippen molar-refractivity contribution in [2.75, 3.05) is 42.6 Å². The van der Waals surface area contributed by atoms with Crippen molar-refractivity contribution in [1.29, 1.82) is 0 Å². The third-order valence-corrected chi connectivity index (χ3v) is 5.77. The zero-order valence-corrected chi connectivity index (χ0v) is 12.9. The van der Waals surface area contributed by atoms with Crippen LogP contribution in [0.15, 0.2) is 24.3 Å². The molecule has 116 valence electrons. The Morgan fingerprint density at radius 1 is 1.14 bits per heavy atom. The molecule has 2 aliphatic rings. The van der Waals surface area contributed by atoms with E-state index in [1.54, 1.807) is 0 Å². The highest BCUT2D eigenvalue weighted by Gasteiger charge is 2.29. The molecule has 1 aromatic carbocycles. The van der Waals surface area contributed by atoms with Crippen LogP contribution in [0.1, 0.15) is 12.8 Å². The number of benzene rings is 1. The van der Waals surface area contributed by atoms with Crippen LogP contribution in [-0.2, 0) is 9.84 Å². The number of ether oxygens (including phenoxy) is 1. The first-order valence-corrected chi connectivity index (χ1v) is 9.37. The zero-order valence-electron chi connectivity index (χ0n) is 12.1. The molecule has 1 aromatic rings. The van der Waals surface area contributed by atoms with Crippen molar-refractivity contribution in [2.24, 2.45) is 0 Å². The Morgan fingerprint density at radius 2 is 1.95 bits per heavy atom. The quantitative estimate of drug-likeness (QED) is 0.904. The van der Waals surface area contributed by atoms with Gasteiger partial charge >= 0.3 is 0 Å². The summed E-state index contributed by atoms with van der Waals surface area (Å²) >= 11 is 0. The van der Waals surface area contributed by atoms with Gasteiger partial charge in [0, 0.05) is 25.3 Å². The average Bonchev–Trinajstić information content (AvgIpc) is 2.69. The molecule has 0 aliphatic carbocycles. The Labute approximate surface area is 126 Å². The van der Waals surface area contributed by atoms with Crippen molar-refractivity contribution in [1.82, 2.24) is 5.32 Å². The number of sulfone groups is 1. The van der Waals surface area contributed by atoms with Crippen molar-refractivity contribution >= 4 is 15.5 Å². The summed E-state index contributed by atoms with van der Waals surface area (Å²) in [7, 11) is -2.89. The number of anilines is 1. The summed E-state index contributed by atoms with van der Waals surface area (Å²) in [5.74, 6) is 1.15. The summed E-state index contributed by atoms with van der Waals surface area (Å²) in [6.45, 7) is 4.17. The molecule has 1 N–H and O–H groups in total. The normalized spacial score (nSPS) is 25.5. The first kappa shape index (κ1) is 14.7. The number of hydrogen-bond donors (Lipinski definition) is 1. The molecule has 0 radical (unpaired) electrons.